The van der Waals surface area contributed by atoms with Gasteiger partial charge in [0.25, 0.3) is 5.91 Å². The molecule has 2 amide bonds. The lowest BCUT2D eigenvalue weighted by Gasteiger charge is -2.27. The summed E-state index contributed by atoms with van der Waals surface area (Å²) in [6.07, 6.45) is 3.64. The molecule has 1 aromatic rings. The molecule has 1 aliphatic rings. The molecular weight excluding hydrogens is 314 g/mol. The Morgan fingerprint density at radius 3 is 2.36 bits per heavy atom. The first-order chi connectivity index (χ1) is 12.0. The second kappa shape index (κ2) is 9.56. The third-order valence-electron chi connectivity index (χ3n) is 4.67. The quantitative estimate of drug-likeness (QED) is 0.797. The van der Waals surface area contributed by atoms with Crippen molar-refractivity contribution in [1.82, 2.24) is 10.2 Å². The fourth-order valence-electron chi connectivity index (χ4n) is 3.35. The Morgan fingerprint density at radius 2 is 1.80 bits per heavy atom. The lowest BCUT2D eigenvalue weighted by Crippen LogP contribution is -2.40. The van der Waals surface area contributed by atoms with Crippen LogP contribution in [-0.2, 0) is 4.79 Å². The predicted molar refractivity (Wildman–Crippen MR) is 102 cm³/mol. The number of anilines is 1. The molecule has 2 atom stereocenters. The highest BCUT2D eigenvalue weighted by Crippen LogP contribution is 2.19. The number of piperidine rings is 1. The van der Waals surface area contributed by atoms with Crippen LogP contribution < -0.4 is 10.6 Å². The zero-order valence-electron chi connectivity index (χ0n) is 15.7. The average Bonchev–Trinajstić information content (AvgIpc) is 2.61. The van der Waals surface area contributed by atoms with Crippen molar-refractivity contribution in [3.8, 4) is 0 Å². The summed E-state index contributed by atoms with van der Waals surface area (Å²) in [5, 5.41) is 6.35. The van der Waals surface area contributed by atoms with Gasteiger partial charge in [-0.25, -0.2) is 0 Å². The van der Waals surface area contributed by atoms with E-state index in [1.54, 1.807) is 12.1 Å². The van der Waals surface area contributed by atoms with E-state index < -0.39 is 0 Å². The van der Waals surface area contributed by atoms with Crippen molar-refractivity contribution < 1.29 is 9.59 Å². The molecule has 1 aliphatic heterocycles. The Hall–Kier alpha value is -1.88. The van der Waals surface area contributed by atoms with Crippen molar-refractivity contribution in [2.75, 3.05) is 25.0 Å². The number of carbonyl (C=O) groups excluding carboxylic acids is 2. The van der Waals surface area contributed by atoms with Crippen LogP contribution in [0.15, 0.2) is 24.3 Å². The molecule has 1 aromatic carbocycles. The summed E-state index contributed by atoms with van der Waals surface area (Å²) in [6.45, 7) is 8.71. The molecule has 0 saturated carbocycles. The minimum absolute atomic E-state index is 0.0576. The lowest BCUT2D eigenvalue weighted by molar-refractivity contribution is -0.120. The maximum atomic E-state index is 12.6. The van der Waals surface area contributed by atoms with Gasteiger partial charge in [0.2, 0.25) is 5.91 Å². The number of hydrogen-bond donors (Lipinski definition) is 2. The van der Waals surface area contributed by atoms with E-state index in [2.05, 4.69) is 31.4 Å². The molecule has 1 saturated heterocycles. The molecule has 2 N–H and O–H groups in total. The van der Waals surface area contributed by atoms with E-state index in [0.717, 1.165) is 51.0 Å². The molecular formula is C20H31N3O2. The van der Waals surface area contributed by atoms with E-state index in [9.17, 15) is 9.59 Å². The summed E-state index contributed by atoms with van der Waals surface area (Å²) in [5.74, 6) is 0.196. The summed E-state index contributed by atoms with van der Waals surface area (Å²) >= 11 is 0. The van der Waals surface area contributed by atoms with Crippen molar-refractivity contribution in [3.63, 3.8) is 0 Å². The van der Waals surface area contributed by atoms with E-state index >= 15 is 0 Å². The molecule has 0 aromatic heterocycles. The van der Waals surface area contributed by atoms with Gasteiger partial charge >= 0.3 is 0 Å². The highest BCUT2D eigenvalue weighted by molar-refractivity contribution is 5.96. The Labute approximate surface area is 151 Å². The highest BCUT2D eigenvalue weighted by atomic mass is 16.2. The smallest absolute Gasteiger partial charge is 0.253 e. The Kier molecular flexibility index (Phi) is 7.44. The summed E-state index contributed by atoms with van der Waals surface area (Å²) < 4.78 is 0. The summed E-state index contributed by atoms with van der Waals surface area (Å²) in [6, 6.07) is 7.65. The largest absolute Gasteiger partial charge is 0.339 e. The van der Waals surface area contributed by atoms with Crippen molar-refractivity contribution in [2.24, 2.45) is 5.92 Å². The second-order valence-electron chi connectivity index (χ2n) is 6.94. The molecule has 138 valence electrons. The first-order valence-electron chi connectivity index (χ1n) is 9.48. The Morgan fingerprint density at radius 1 is 1.16 bits per heavy atom. The van der Waals surface area contributed by atoms with Crippen LogP contribution in [0, 0.1) is 5.92 Å². The van der Waals surface area contributed by atoms with Gasteiger partial charge in [-0.1, -0.05) is 13.8 Å². The van der Waals surface area contributed by atoms with Gasteiger partial charge in [0.05, 0.1) is 0 Å². The molecule has 25 heavy (non-hydrogen) atoms. The lowest BCUT2D eigenvalue weighted by atomic mass is 9.92. The van der Waals surface area contributed by atoms with Gasteiger partial charge in [-0.15, -0.1) is 0 Å². The van der Waals surface area contributed by atoms with Crippen LogP contribution in [0.4, 0.5) is 5.69 Å². The van der Waals surface area contributed by atoms with Crippen LogP contribution in [0.3, 0.4) is 0 Å². The van der Waals surface area contributed by atoms with Gasteiger partial charge in [0, 0.05) is 36.3 Å². The van der Waals surface area contributed by atoms with Gasteiger partial charge in [-0.05, 0) is 63.4 Å². The van der Waals surface area contributed by atoms with Crippen molar-refractivity contribution in [1.29, 1.82) is 0 Å². The van der Waals surface area contributed by atoms with Crippen LogP contribution in [0.2, 0.25) is 0 Å². The molecule has 0 spiro atoms. The Balaban J connectivity index is 1.96. The minimum atomic E-state index is 0.0576. The van der Waals surface area contributed by atoms with E-state index in [1.807, 2.05) is 17.0 Å². The number of rotatable bonds is 7. The van der Waals surface area contributed by atoms with Gasteiger partial charge in [0.1, 0.15) is 0 Å². The predicted octanol–water partition coefficient (Wildman–Crippen LogP) is 3.28. The zero-order valence-corrected chi connectivity index (χ0v) is 15.7. The fraction of sp³-hybridized carbons (Fsp3) is 0.600. The molecule has 5 nitrogen and oxygen atoms in total. The van der Waals surface area contributed by atoms with Crippen LogP contribution in [0.25, 0.3) is 0 Å². The molecule has 0 aliphatic carbocycles. The van der Waals surface area contributed by atoms with E-state index in [0.29, 0.717) is 11.6 Å². The highest BCUT2D eigenvalue weighted by Gasteiger charge is 2.24. The maximum absolute atomic E-state index is 12.6. The summed E-state index contributed by atoms with van der Waals surface area (Å²) in [7, 11) is 0. The number of hydrogen-bond acceptors (Lipinski definition) is 3. The molecule has 1 heterocycles. The van der Waals surface area contributed by atoms with Crippen LogP contribution >= 0.6 is 0 Å². The van der Waals surface area contributed by atoms with Crippen LogP contribution in [0.1, 0.15) is 56.8 Å². The SMILES string of the molecule is CCCN(CCC)C(=O)c1ccc(NC(=O)[C@H]2CCN[C@@H](C)C2)cc1. The summed E-state index contributed by atoms with van der Waals surface area (Å²) in [5.41, 5.74) is 1.43. The van der Waals surface area contributed by atoms with Gasteiger partial charge in [-0.2, -0.15) is 0 Å². The normalized spacial score (nSPS) is 20.1. The number of nitrogens with one attached hydrogen (secondary N) is 2. The number of amides is 2. The van der Waals surface area contributed by atoms with Crippen LogP contribution in [-0.4, -0.2) is 42.4 Å². The van der Waals surface area contributed by atoms with Gasteiger partial charge in [0.15, 0.2) is 0 Å². The maximum Gasteiger partial charge on any atom is 0.253 e. The van der Waals surface area contributed by atoms with Crippen molar-refractivity contribution >= 4 is 17.5 Å². The standard InChI is InChI=1S/C20H31N3O2/c1-4-12-23(13-5-2)20(25)16-6-8-18(9-7-16)22-19(24)17-10-11-21-15(3)14-17/h6-9,15,17,21H,4-5,10-14H2,1-3H3,(H,22,24)/t15-,17-/m0/s1. The fourth-order valence-corrected chi connectivity index (χ4v) is 3.35. The molecule has 2 rings (SSSR count). The number of benzene rings is 1. The Bertz CT molecular complexity index is 565. The molecule has 0 radical (unpaired) electrons. The van der Waals surface area contributed by atoms with E-state index in [4.69, 9.17) is 0 Å². The van der Waals surface area contributed by atoms with Crippen LogP contribution in [0.5, 0.6) is 0 Å². The second-order valence-corrected chi connectivity index (χ2v) is 6.94. The number of nitrogens with zero attached hydrogens (tertiary/aromatic N) is 1. The molecule has 0 bridgehead atoms. The molecule has 0 unspecified atom stereocenters. The minimum Gasteiger partial charge on any atom is -0.339 e. The van der Waals surface area contributed by atoms with Gasteiger partial charge < -0.3 is 15.5 Å². The third kappa shape index (κ3) is 5.56. The van der Waals surface area contributed by atoms with E-state index in [1.165, 1.54) is 0 Å². The molecule has 1 fully saturated rings. The first kappa shape index (κ1) is 19.4. The van der Waals surface area contributed by atoms with E-state index in [-0.39, 0.29) is 17.7 Å². The third-order valence-corrected chi connectivity index (χ3v) is 4.67. The first-order valence-corrected chi connectivity index (χ1v) is 9.48. The number of carbonyl (C=O) groups is 2. The topological polar surface area (TPSA) is 61.4 Å². The average molecular weight is 345 g/mol. The molecule has 5 heteroatoms. The van der Waals surface area contributed by atoms with Gasteiger partial charge in [-0.3, -0.25) is 9.59 Å². The summed E-state index contributed by atoms with van der Waals surface area (Å²) in [4.78, 5) is 26.9. The van der Waals surface area contributed by atoms with Crippen molar-refractivity contribution in [3.05, 3.63) is 29.8 Å². The monoisotopic (exact) mass is 345 g/mol. The van der Waals surface area contributed by atoms with Crippen molar-refractivity contribution in [2.45, 2.75) is 52.5 Å². The zero-order chi connectivity index (χ0) is 18.2.